The molecule has 98 valence electrons. The van der Waals surface area contributed by atoms with Crippen LogP contribution in [0.2, 0.25) is 0 Å². The SMILES string of the molecule is COc1ccc(C=NOC(=O)c2cn(C)cn2)cc1. The van der Waals surface area contributed by atoms with Gasteiger partial charge in [0.15, 0.2) is 5.69 Å². The highest BCUT2D eigenvalue weighted by molar-refractivity contribution is 5.87. The van der Waals surface area contributed by atoms with Gasteiger partial charge in [-0.15, -0.1) is 0 Å². The second-order valence-corrected chi connectivity index (χ2v) is 3.81. The molecule has 0 saturated heterocycles. The fraction of sp³-hybridized carbons (Fsp3) is 0.154. The van der Waals surface area contributed by atoms with Crippen LogP contribution in [-0.4, -0.2) is 28.8 Å². The average molecular weight is 259 g/mol. The van der Waals surface area contributed by atoms with Gasteiger partial charge in [-0.25, -0.2) is 9.78 Å². The number of methoxy groups -OCH3 is 1. The number of hydrogen-bond donors (Lipinski definition) is 0. The van der Waals surface area contributed by atoms with Crippen LogP contribution < -0.4 is 4.74 Å². The van der Waals surface area contributed by atoms with Gasteiger partial charge in [0.2, 0.25) is 0 Å². The van der Waals surface area contributed by atoms with E-state index in [1.807, 2.05) is 0 Å². The lowest BCUT2D eigenvalue weighted by atomic mass is 10.2. The minimum absolute atomic E-state index is 0.217. The van der Waals surface area contributed by atoms with Gasteiger partial charge in [0.05, 0.1) is 19.7 Å². The van der Waals surface area contributed by atoms with Gasteiger partial charge in [-0.1, -0.05) is 5.16 Å². The number of imidazole rings is 1. The number of carbonyl (C=O) groups is 1. The van der Waals surface area contributed by atoms with Gasteiger partial charge < -0.3 is 14.1 Å². The summed E-state index contributed by atoms with van der Waals surface area (Å²) in [7, 11) is 3.36. The van der Waals surface area contributed by atoms with Crippen molar-refractivity contribution in [2.75, 3.05) is 7.11 Å². The summed E-state index contributed by atoms with van der Waals surface area (Å²) >= 11 is 0. The third-order valence-electron chi connectivity index (χ3n) is 2.37. The number of rotatable bonds is 4. The maximum absolute atomic E-state index is 11.5. The van der Waals surface area contributed by atoms with Crippen LogP contribution in [-0.2, 0) is 11.9 Å². The summed E-state index contributed by atoms with van der Waals surface area (Å²) in [6.07, 6.45) is 4.52. The summed E-state index contributed by atoms with van der Waals surface area (Å²) in [5.74, 6) is 0.160. The summed E-state index contributed by atoms with van der Waals surface area (Å²) in [6.45, 7) is 0. The lowest BCUT2D eigenvalue weighted by Gasteiger charge is -1.98. The molecule has 0 bridgehead atoms. The number of aryl methyl sites for hydroxylation is 1. The molecule has 1 heterocycles. The molecular formula is C13H13N3O3. The van der Waals surface area contributed by atoms with Gasteiger partial charge in [-0.3, -0.25) is 0 Å². The monoisotopic (exact) mass is 259 g/mol. The first-order valence-corrected chi connectivity index (χ1v) is 5.56. The third-order valence-corrected chi connectivity index (χ3v) is 2.37. The minimum Gasteiger partial charge on any atom is -0.497 e. The molecule has 0 aliphatic carbocycles. The maximum Gasteiger partial charge on any atom is 0.385 e. The zero-order chi connectivity index (χ0) is 13.7. The Morgan fingerprint density at radius 1 is 1.37 bits per heavy atom. The summed E-state index contributed by atoms with van der Waals surface area (Å²) in [6, 6.07) is 7.19. The molecule has 19 heavy (non-hydrogen) atoms. The molecule has 0 amide bonds. The highest BCUT2D eigenvalue weighted by atomic mass is 16.7. The van der Waals surface area contributed by atoms with E-state index < -0.39 is 5.97 Å². The van der Waals surface area contributed by atoms with Gasteiger partial charge in [0, 0.05) is 13.2 Å². The van der Waals surface area contributed by atoms with E-state index >= 15 is 0 Å². The van der Waals surface area contributed by atoms with Crippen molar-refractivity contribution >= 4 is 12.2 Å². The van der Waals surface area contributed by atoms with Crippen molar-refractivity contribution < 1.29 is 14.4 Å². The summed E-state index contributed by atoms with van der Waals surface area (Å²) < 4.78 is 6.69. The number of nitrogens with zero attached hydrogens (tertiary/aromatic N) is 3. The molecule has 0 N–H and O–H groups in total. The molecule has 0 saturated carbocycles. The first-order chi connectivity index (χ1) is 9.19. The molecule has 1 aromatic heterocycles. The van der Waals surface area contributed by atoms with Crippen LogP contribution in [0.3, 0.4) is 0 Å². The summed E-state index contributed by atoms with van der Waals surface area (Å²) in [5.41, 5.74) is 1.02. The molecule has 6 heteroatoms. The van der Waals surface area contributed by atoms with Crippen LogP contribution in [0.1, 0.15) is 16.1 Å². The molecule has 6 nitrogen and oxygen atoms in total. The van der Waals surface area contributed by atoms with Gasteiger partial charge >= 0.3 is 5.97 Å². The number of ether oxygens (including phenoxy) is 1. The molecule has 0 fully saturated rings. The highest BCUT2D eigenvalue weighted by Gasteiger charge is 2.09. The number of oxime groups is 1. The van der Waals surface area contributed by atoms with Crippen molar-refractivity contribution in [3.05, 3.63) is 48.0 Å². The lowest BCUT2D eigenvalue weighted by molar-refractivity contribution is 0.0513. The molecule has 0 unspecified atom stereocenters. The highest BCUT2D eigenvalue weighted by Crippen LogP contribution is 2.09. The molecule has 0 spiro atoms. The Labute approximate surface area is 110 Å². The topological polar surface area (TPSA) is 65.7 Å². The summed E-state index contributed by atoms with van der Waals surface area (Å²) in [5, 5.41) is 3.62. The smallest absolute Gasteiger partial charge is 0.385 e. The Hall–Kier alpha value is -2.63. The van der Waals surface area contributed by atoms with Crippen LogP contribution in [0.25, 0.3) is 0 Å². The Balaban J connectivity index is 1.94. The average Bonchev–Trinajstić information content (AvgIpc) is 2.86. The van der Waals surface area contributed by atoms with Gasteiger partial charge in [0.25, 0.3) is 0 Å². The molecule has 2 aromatic rings. The van der Waals surface area contributed by atoms with Crippen LogP contribution in [0.15, 0.2) is 41.9 Å². The number of hydrogen-bond acceptors (Lipinski definition) is 5. The first-order valence-electron chi connectivity index (χ1n) is 5.56. The number of carbonyl (C=O) groups excluding carboxylic acids is 1. The van der Waals surface area contributed by atoms with E-state index in [4.69, 9.17) is 9.57 Å². The largest absolute Gasteiger partial charge is 0.497 e. The summed E-state index contributed by atoms with van der Waals surface area (Å²) in [4.78, 5) is 20.1. The fourth-order valence-electron chi connectivity index (χ4n) is 1.39. The van der Waals surface area contributed by atoms with Crippen LogP contribution >= 0.6 is 0 Å². The fourth-order valence-corrected chi connectivity index (χ4v) is 1.39. The van der Waals surface area contributed by atoms with Crippen molar-refractivity contribution in [2.24, 2.45) is 12.2 Å². The molecule has 0 aliphatic rings. The van der Waals surface area contributed by atoms with E-state index in [-0.39, 0.29) is 5.69 Å². The van der Waals surface area contributed by atoms with Crippen molar-refractivity contribution in [1.29, 1.82) is 0 Å². The lowest BCUT2D eigenvalue weighted by Crippen LogP contribution is -2.01. The molecule has 1 aromatic carbocycles. The van der Waals surface area contributed by atoms with E-state index in [2.05, 4.69) is 10.1 Å². The Morgan fingerprint density at radius 2 is 2.11 bits per heavy atom. The molecule has 0 radical (unpaired) electrons. The van der Waals surface area contributed by atoms with Crippen LogP contribution in [0.5, 0.6) is 5.75 Å². The molecule has 0 aliphatic heterocycles. The minimum atomic E-state index is -0.592. The number of benzene rings is 1. The first kappa shape index (κ1) is 12.8. The predicted octanol–water partition coefficient (Wildman–Crippen LogP) is 1.62. The zero-order valence-corrected chi connectivity index (χ0v) is 10.6. The Kier molecular flexibility index (Phi) is 3.92. The zero-order valence-electron chi connectivity index (χ0n) is 10.6. The standard InChI is InChI=1S/C13H13N3O3/c1-16-8-12(14-9-16)13(17)19-15-7-10-3-5-11(18-2)6-4-10/h3-9H,1-2H3. The van der Waals surface area contributed by atoms with Crippen molar-refractivity contribution in [1.82, 2.24) is 9.55 Å². The predicted molar refractivity (Wildman–Crippen MR) is 69.2 cm³/mol. The van der Waals surface area contributed by atoms with E-state index in [1.165, 1.54) is 12.5 Å². The van der Waals surface area contributed by atoms with E-state index in [9.17, 15) is 4.79 Å². The molecule has 0 atom stereocenters. The van der Waals surface area contributed by atoms with E-state index in [0.29, 0.717) is 0 Å². The van der Waals surface area contributed by atoms with E-state index in [0.717, 1.165) is 11.3 Å². The van der Waals surface area contributed by atoms with Gasteiger partial charge in [-0.05, 0) is 29.8 Å². The number of aromatic nitrogens is 2. The second-order valence-electron chi connectivity index (χ2n) is 3.81. The Morgan fingerprint density at radius 3 is 2.68 bits per heavy atom. The third kappa shape index (κ3) is 3.41. The second kappa shape index (κ2) is 5.81. The van der Waals surface area contributed by atoms with Gasteiger partial charge in [0.1, 0.15) is 5.75 Å². The van der Waals surface area contributed by atoms with Crippen molar-refractivity contribution in [3.8, 4) is 5.75 Å². The van der Waals surface area contributed by atoms with E-state index in [1.54, 1.807) is 49.2 Å². The van der Waals surface area contributed by atoms with Crippen LogP contribution in [0.4, 0.5) is 0 Å². The molecule has 2 rings (SSSR count). The van der Waals surface area contributed by atoms with Crippen LogP contribution in [0, 0.1) is 0 Å². The quantitative estimate of drug-likeness (QED) is 0.475. The van der Waals surface area contributed by atoms with Gasteiger partial charge in [-0.2, -0.15) is 0 Å². The normalized spacial score (nSPS) is 10.6. The van der Waals surface area contributed by atoms with Crippen molar-refractivity contribution in [2.45, 2.75) is 0 Å². The van der Waals surface area contributed by atoms with Crippen molar-refractivity contribution in [3.63, 3.8) is 0 Å². The molecular weight excluding hydrogens is 246 g/mol. The maximum atomic E-state index is 11.5. The Bertz CT molecular complexity index is 587.